The average molecular weight is 865 g/mol. The SMILES string of the molecule is CC(C)(C)[C@H](CCNC(=O)OCc1ccccc1)C(C)(C)OC(=O)NC(Cc1ccccc1)C(O)CN(CC(O)C(Cc1ccccc1)NC(=O)O)C(=O)OCC[Si](C)(C)C. The zero-order valence-corrected chi connectivity index (χ0v) is 38.1. The summed E-state index contributed by atoms with van der Waals surface area (Å²) in [6.07, 6.45) is -5.52. The molecule has 14 nitrogen and oxygen atoms in total. The number of hydrogen-bond acceptors (Lipinski definition) is 9. The first-order valence-corrected chi connectivity index (χ1v) is 24.6. The predicted molar refractivity (Wildman–Crippen MR) is 238 cm³/mol. The molecule has 0 saturated carbocycles. The summed E-state index contributed by atoms with van der Waals surface area (Å²) < 4.78 is 17.2. The lowest BCUT2D eigenvalue weighted by Crippen LogP contribution is -2.55. The molecule has 5 atom stereocenters. The topological polar surface area (TPSA) is 196 Å². The van der Waals surface area contributed by atoms with Gasteiger partial charge in [0.05, 0.1) is 44.0 Å². The van der Waals surface area contributed by atoms with E-state index in [1.165, 1.54) is 0 Å². The van der Waals surface area contributed by atoms with Crippen LogP contribution in [0, 0.1) is 11.3 Å². The molecule has 4 unspecified atom stereocenters. The van der Waals surface area contributed by atoms with Crippen molar-refractivity contribution < 1.29 is 48.7 Å². The molecule has 3 aromatic rings. The monoisotopic (exact) mass is 864 g/mol. The van der Waals surface area contributed by atoms with Crippen LogP contribution in [0.1, 0.15) is 57.7 Å². The quantitative estimate of drug-likeness (QED) is 0.0436. The molecule has 3 aromatic carbocycles. The zero-order valence-electron chi connectivity index (χ0n) is 37.1. The van der Waals surface area contributed by atoms with Crippen LogP contribution in [-0.4, -0.2) is 109 Å². The van der Waals surface area contributed by atoms with Gasteiger partial charge >= 0.3 is 24.4 Å². The van der Waals surface area contributed by atoms with E-state index in [-0.39, 0.29) is 57.0 Å². The fourth-order valence-electron chi connectivity index (χ4n) is 7.33. The fraction of sp³-hybridized carbons (Fsp3) is 0.522. The highest BCUT2D eigenvalue weighted by Crippen LogP contribution is 2.39. The Morgan fingerprint density at radius 2 is 1.16 bits per heavy atom. The number of alkyl carbamates (subject to hydrolysis) is 2. The van der Waals surface area contributed by atoms with Crippen LogP contribution in [-0.2, 0) is 33.7 Å². The molecule has 0 aliphatic heterocycles. The van der Waals surface area contributed by atoms with Gasteiger partial charge in [-0.05, 0) is 61.3 Å². The van der Waals surface area contributed by atoms with Crippen LogP contribution < -0.4 is 16.0 Å². The standard InChI is InChI=1S/C46H68N4O10Si/c1-45(2,3)40(24-25-47-42(55)59-32-35-22-16-11-17-23-35)46(4,5)60-43(56)49-37(29-34-20-14-10-15-21-34)39(52)31-50(44(57)58-26-27-61(6,7)8)30-38(51)36(48-41(53)54)28-33-18-12-9-13-19-33/h9-23,36-40,48,51-52H,24-32H2,1-8H3,(H,47,55)(H,49,56)(H,53,54)/t36?,37?,38?,39?,40-/m0/s1. The highest BCUT2D eigenvalue weighted by Gasteiger charge is 2.41. The molecule has 0 aromatic heterocycles. The van der Waals surface area contributed by atoms with E-state index in [9.17, 15) is 34.5 Å². The van der Waals surface area contributed by atoms with Gasteiger partial charge in [-0.1, -0.05) is 131 Å². The number of amides is 4. The van der Waals surface area contributed by atoms with Gasteiger partial charge in [-0.25, -0.2) is 19.2 Å². The largest absolute Gasteiger partial charge is 0.465 e. The van der Waals surface area contributed by atoms with E-state index >= 15 is 0 Å². The Morgan fingerprint density at radius 1 is 0.689 bits per heavy atom. The third kappa shape index (κ3) is 19.0. The van der Waals surface area contributed by atoms with Crippen LogP contribution in [0.2, 0.25) is 25.7 Å². The van der Waals surface area contributed by atoms with Gasteiger partial charge in [-0.2, -0.15) is 0 Å². The Balaban J connectivity index is 1.80. The Labute approximate surface area is 362 Å². The number of nitrogens with zero attached hydrogens (tertiary/aromatic N) is 1. The Bertz CT molecular complexity index is 1790. The molecule has 0 radical (unpaired) electrons. The highest BCUT2D eigenvalue weighted by atomic mass is 28.3. The van der Waals surface area contributed by atoms with Crippen molar-refractivity contribution in [3.63, 3.8) is 0 Å². The molecule has 15 heteroatoms. The van der Waals surface area contributed by atoms with Crippen LogP contribution in [0.5, 0.6) is 0 Å². The van der Waals surface area contributed by atoms with Crippen molar-refractivity contribution in [2.24, 2.45) is 11.3 Å². The van der Waals surface area contributed by atoms with Crippen LogP contribution in [0.4, 0.5) is 19.2 Å². The second kappa shape index (κ2) is 23.8. The van der Waals surface area contributed by atoms with E-state index in [0.717, 1.165) is 21.6 Å². The van der Waals surface area contributed by atoms with Gasteiger partial charge in [-0.15, -0.1) is 0 Å². The molecule has 0 saturated heterocycles. The Hall–Kier alpha value is -5.12. The molecule has 3 rings (SSSR count). The number of aliphatic hydroxyl groups excluding tert-OH is 2. The molecule has 0 heterocycles. The number of aliphatic hydroxyl groups is 2. The average Bonchev–Trinajstić information content (AvgIpc) is 3.17. The molecule has 61 heavy (non-hydrogen) atoms. The number of carbonyl (C=O) groups is 4. The van der Waals surface area contributed by atoms with Crippen molar-refractivity contribution in [1.29, 1.82) is 0 Å². The summed E-state index contributed by atoms with van der Waals surface area (Å²) in [4.78, 5) is 53.0. The first kappa shape index (κ1) is 50.2. The lowest BCUT2D eigenvalue weighted by molar-refractivity contribution is -0.0512. The lowest BCUT2D eigenvalue weighted by atomic mass is 9.70. The van der Waals surface area contributed by atoms with E-state index in [2.05, 4.69) is 35.6 Å². The second-order valence-electron chi connectivity index (χ2n) is 18.3. The van der Waals surface area contributed by atoms with Gasteiger partial charge < -0.3 is 50.4 Å². The van der Waals surface area contributed by atoms with E-state index < -0.39 is 62.3 Å². The number of hydrogen-bond donors (Lipinski definition) is 6. The maximum atomic E-state index is 13.9. The molecule has 0 bridgehead atoms. The van der Waals surface area contributed by atoms with Crippen LogP contribution >= 0.6 is 0 Å². The van der Waals surface area contributed by atoms with Crippen LogP contribution in [0.25, 0.3) is 0 Å². The minimum atomic E-state index is -1.61. The molecule has 0 aliphatic rings. The summed E-state index contributed by atoms with van der Waals surface area (Å²) in [5.41, 5.74) is 1.00. The minimum absolute atomic E-state index is 0.129. The van der Waals surface area contributed by atoms with Gasteiger partial charge in [0.2, 0.25) is 0 Å². The lowest BCUT2D eigenvalue weighted by Gasteiger charge is -2.42. The Morgan fingerprint density at radius 3 is 1.62 bits per heavy atom. The van der Waals surface area contributed by atoms with Crippen molar-refractivity contribution in [2.75, 3.05) is 26.2 Å². The summed E-state index contributed by atoms with van der Waals surface area (Å²) in [7, 11) is -1.61. The van der Waals surface area contributed by atoms with Gasteiger partial charge in [-0.3, -0.25) is 0 Å². The molecule has 6 N–H and O–H groups in total. The highest BCUT2D eigenvalue weighted by molar-refractivity contribution is 6.76. The van der Waals surface area contributed by atoms with Gasteiger partial charge in [0, 0.05) is 20.5 Å². The van der Waals surface area contributed by atoms with Gasteiger partial charge in [0.1, 0.15) is 12.2 Å². The molecule has 0 fully saturated rings. The Kier molecular flexibility index (Phi) is 19.6. The van der Waals surface area contributed by atoms with Crippen molar-refractivity contribution in [3.05, 3.63) is 108 Å². The summed E-state index contributed by atoms with van der Waals surface area (Å²) in [5, 5.41) is 41.0. The third-order valence-corrected chi connectivity index (χ3v) is 12.1. The van der Waals surface area contributed by atoms with Crippen molar-refractivity contribution in [2.45, 2.75) is 116 Å². The number of carboxylic acid groups (broad SMARTS) is 1. The third-order valence-electron chi connectivity index (χ3n) is 10.4. The maximum absolute atomic E-state index is 13.9. The number of ether oxygens (including phenoxy) is 3. The molecular formula is C46H68N4O10Si. The summed E-state index contributed by atoms with van der Waals surface area (Å²) in [6, 6.07) is 26.3. The minimum Gasteiger partial charge on any atom is -0.465 e. The summed E-state index contributed by atoms with van der Waals surface area (Å²) in [5.74, 6) is -0.246. The zero-order chi connectivity index (χ0) is 45.2. The molecule has 4 amide bonds. The summed E-state index contributed by atoms with van der Waals surface area (Å²) in [6.45, 7) is 15.9. The number of benzene rings is 3. The van der Waals surface area contributed by atoms with Crippen molar-refractivity contribution in [1.82, 2.24) is 20.9 Å². The molecular weight excluding hydrogens is 797 g/mol. The van der Waals surface area contributed by atoms with Gasteiger partial charge in [0.25, 0.3) is 0 Å². The second-order valence-corrected chi connectivity index (χ2v) is 24.0. The first-order chi connectivity index (χ1) is 28.6. The molecule has 0 spiro atoms. The van der Waals surface area contributed by atoms with E-state index in [1.807, 2.05) is 87.5 Å². The molecule has 0 aliphatic carbocycles. The number of nitrogens with one attached hydrogen (secondary N) is 3. The maximum Gasteiger partial charge on any atom is 0.409 e. The molecule has 336 valence electrons. The predicted octanol–water partition coefficient (Wildman–Crippen LogP) is 7.46. The van der Waals surface area contributed by atoms with Crippen molar-refractivity contribution >= 4 is 32.4 Å². The first-order valence-electron chi connectivity index (χ1n) is 20.9. The van der Waals surface area contributed by atoms with Crippen molar-refractivity contribution in [3.8, 4) is 0 Å². The van der Waals surface area contributed by atoms with Gasteiger partial charge in [0.15, 0.2) is 0 Å². The summed E-state index contributed by atoms with van der Waals surface area (Å²) >= 11 is 0. The number of carbonyl (C=O) groups excluding carboxylic acids is 3. The normalized spacial score (nSPS) is 14.3. The van der Waals surface area contributed by atoms with Crippen LogP contribution in [0.15, 0.2) is 91.0 Å². The van der Waals surface area contributed by atoms with E-state index in [4.69, 9.17) is 14.2 Å². The fourth-order valence-corrected chi connectivity index (χ4v) is 8.05. The van der Waals surface area contributed by atoms with Crippen LogP contribution in [0.3, 0.4) is 0 Å². The smallest absolute Gasteiger partial charge is 0.409 e. The van der Waals surface area contributed by atoms with E-state index in [1.54, 1.807) is 38.1 Å². The number of rotatable bonds is 22. The van der Waals surface area contributed by atoms with E-state index in [0.29, 0.717) is 12.5 Å².